The van der Waals surface area contributed by atoms with Crippen LogP contribution in [0.2, 0.25) is 0 Å². The molecule has 0 unspecified atom stereocenters. The van der Waals surface area contributed by atoms with Crippen molar-refractivity contribution in [2.45, 2.75) is 45.2 Å². The number of H-pyrrole nitrogens is 1. The summed E-state index contributed by atoms with van der Waals surface area (Å²) in [6, 6.07) is 9.98. The van der Waals surface area contributed by atoms with E-state index >= 15 is 0 Å². The van der Waals surface area contributed by atoms with Gasteiger partial charge in [-0.1, -0.05) is 26.0 Å². The molecule has 1 aliphatic heterocycles. The number of benzene rings is 1. The number of hydrogen-bond donors (Lipinski definition) is 2. The number of rotatable bonds is 6. The fourth-order valence-corrected chi connectivity index (χ4v) is 3.96. The van der Waals surface area contributed by atoms with Crippen LogP contribution in [0.4, 0.5) is 4.39 Å². The van der Waals surface area contributed by atoms with E-state index in [-0.39, 0.29) is 23.3 Å². The first-order valence-electron chi connectivity index (χ1n) is 10.2. The van der Waals surface area contributed by atoms with E-state index in [4.69, 9.17) is 9.72 Å². The van der Waals surface area contributed by atoms with Crippen molar-refractivity contribution in [1.82, 2.24) is 19.9 Å². The maximum absolute atomic E-state index is 13.5. The molecule has 3 heterocycles. The Hall–Kier alpha value is -2.51. The lowest BCUT2D eigenvalue weighted by molar-refractivity contribution is 0.0844. The SMILES string of the molecule is CC(C)[C@H](NCc1cccc(F)c1)c1cc(=O)n2[nH]c(C3CCOCC3)cc2n1. The summed E-state index contributed by atoms with van der Waals surface area (Å²) in [4.78, 5) is 17.5. The van der Waals surface area contributed by atoms with Crippen molar-refractivity contribution in [3.8, 4) is 0 Å². The summed E-state index contributed by atoms with van der Waals surface area (Å²) in [7, 11) is 0. The molecule has 4 rings (SSSR count). The highest BCUT2D eigenvalue weighted by atomic mass is 19.1. The van der Waals surface area contributed by atoms with Crippen molar-refractivity contribution in [1.29, 1.82) is 0 Å². The van der Waals surface area contributed by atoms with Gasteiger partial charge in [-0.05, 0) is 36.5 Å². The van der Waals surface area contributed by atoms with E-state index in [1.54, 1.807) is 12.1 Å². The Kier molecular flexibility index (Phi) is 5.78. The average Bonchev–Trinajstić information content (AvgIpc) is 3.14. The Bertz CT molecular complexity index is 1040. The molecule has 154 valence electrons. The zero-order valence-electron chi connectivity index (χ0n) is 16.8. The van der Waals surface area contributed by atoms with E-state index < -0.39 is 0 Å². The van der Waals surface area contributed by atoms with Crippen LogP contribution in [-0.2, 0) is 11.3 Å². The van der Waals surface area contributed by atoms with Crippen molar-refractivity contribution >= 4 is 5.65 Å². The van der Waals surface area contributed by atoms with Gasteiger partial charge in [-0.25, -0.2) is 13.9 Å². The molecule has 0 bridgehead atoms. The summed E-state index contributed by atoms with van der Waals surface area (Å²) in [6.45, 7) is 6.15. The smallest absolute Gasteiger partial charge is 0.272 e. The summed E-state index contributed by atoms with van der Waals surface area (Å²) >= 11 is 0. The lowest BCUT2D eigenvalue weighted by Gasteiger charge is -2.22. The molecule has 0 saturated carbocycles. The molecule has 1 saturated heterocycles. The Morgan fingerprint density at radius 3 is 2.79 bits per heavy atom. The van der Waals surface area contributed by atoms with Gasteiger partial charge >= 0.3 is 0 Å². The van der Waals surface area contributed by atoms with Gasteiger partial charge in [0.05, 0.1) is 11.7 Å². The molecule has 0 radical (unpaired) electrons. The summed E-state index contributed by atoms with van der Waals surface area (Å²) in [6.07, 6.45) is 1.89. The van der Waals surface area contributed by atoms with E-state index in [0.717, 1.165) is 37.3 Å². The number of nitrogens with one attached hydrogen (secondary N) is 2. The molecular formula is C22H27FN4O2. The van der Waals surface area contributed by atoms with E-state index in [2.05, 4.69) is 24.3 Å². The Balaban J connectivity index is 1.60. The minimum absolute atomic E-state index is 0.114. The standard InChI is InChI=1S/C22H27FN4O2/c1-14(2)22(24-13-15-4-3-5-17(23)10-15)19-12-21(28)27-20(25-19)11-18(26-27)16-6-8-29-9-7-16/h3-5,10-12,14,16,22,24,26H,6-9,13H2,1-2H3/t22-/m0/s1. The first kappa shape index (κ1) is 19.8. The minimum Gasteiger partial charge on any atom is -0.381 e. The number of fused-ring (bicyclic) bond motifs is 1. The average molecular weight is 398 g/mol. The first-order chi connectivity index (χ1) is 14.0. The first-order valence-corrected chi connectivity index (χ1v) is 10.2. The minimum atomic E-state index is -0.254. The largest absolute Gasteiger partial charge is 0.381 e. The van der Waals surface area contributed by atoms with Gasteiger partial charge in [0.25, 0.3) is 5.56 Å². The maximum Gasteiger partial charge on any atom is 0.272 e. The Morgan fingerprint density at radius 2 is 2.07 bits per heavy atom. The van der Waals surface area contributed by atoms with Crippen LogP contribution in [0.15, 0.2) is 41.2 Å². The van der Waals surface area contributed by atoms with Gasteiger partial charge in [0.2, 0.25) is 0 Å². The molecule has 1 fully saturated rings. The van der Waals surface area contributed by atoms with Crippen LogP contribution in [0.1, 0.15) is 55.6 Å². The van der Waals surface area contributed by atoms with Crippen molar-refractivity contribution in [3.05, 3.63) is 69.5 Å². The van der Waals surface area contributed by atoms with Gasteiger partial charge in [-0.15, -0.1) is 0 Å². The Morgan fingerprint density at radius 1 is 1.28 bits per heavy atom. The van der Waals surface area contributed by atoms with Crippen molar-refractivity contribution in [3.63, 3.8) is 0 Å². The number of nitrogens with zero attached hydrogens (tertiary/aromatic N) is 2. The van der Waals surface area contributed by atoms with Gasteiger partial charge in [0.15, 0.2) is 5.65 Å². The molecule has 0 aliphatic carbocycles. The normalized spacial score (nSPS) is 16.6. The number of hydrogen-bond acceptors (Lipinski definition) is 4. The third-order valence-corrected chi connectivity index (χ3v) is 5.55. The maximum atomic E-state index is 13.5. The third kappa shape index (κ3) is 4.41. The monoisotopic (exact) mass is 398 g/mol. The highest BCUT2D eigenvalue weighted by molar-refractivity contribution is 5.41. The number of aromatic nitrogens is 3. The third-order valence-electron chi connectivity index (χ3n) is 5.55. The van der Waals surface area contributed by atoms with Crippen LogP contribution in [0.3, 0.4) is 0 Å². The van der Waals surface area contributed by atoms with Crippen molar-refractivity contribution < 1.29 is 9.13 Å². The number of ether oxygens (including phenoxy) is 1. The topological polar surface area (TPSA) is 71.4 Å². The predicted octanol–water partition coefficient (Wildman–Crippen LogP) is 3.54. The molecule has 2 N–H and O–H groups in total. The molecule has 6 nitrogen and oxygen atoms in total. The second-order valence-electron chi connectivity index (χ2n) is 8.04. The van der Waals surface area contributed by atoms with Gasteiger partial charge in [-0.2, -0.15) is 0 Å². The lowest BCUT2D eigenvalue weighted by Crippen LogP contribution is -2.28. The lowest BCUT2D eigenvalue weighted by atomic mass is 9.97. The highest BCUT2D eigenvalue weighted by Gasteiger charge is 2.22. The molecule has 3 aromatic rings. The predicted molar refractivity (Wildman–Crippen MR) is 109 cm³/mol. The number of halogens is 1. The van der Waals surface area contributed by atoms with Crippen LogP contribution in [-0.4, -0.2) is 27.8 Å². The number of aromatic amines is 1. The zero-order valence-corrected chi connectivity index (χ0v) is 16.8. The summed E-state index contributed by atoms with van der Waals surface area (Å²) in [5.41, 5.74) is 3.11. The summed E-state index contributed by atoms with van der Waals surface area (Å²) < 4.78 is 20.4. The highest BCUT2D eigenvalue weighted by Crippen LogP contribution is 2.27. The van der Waals surface area contributed by atoms with Crippen LogP contribution in [0, 0.1) is 11.7 Å². The quantitative estimate of drug-likeness (QED) is 0.666. The molecule has 1 aromatic carbocycles. The molecule has 0 spiro atoms. The Labute approximate surface area is 169 Å². The van der Waals surface area contributed by atoms with Gasteiger partial charge in [0, 0.05) is 43.5 Å². The zero-order chi connectivity index (χ0) is 20.4. The molecule has 7 heteroatoms. The molecule has 1 atom stereocenters. The fourth-order valence-electron chi connectivity index (χ4n) is 3.96. The van der Waals surface area contributed by atoms with Gasteiger partial charge in [-0.3, -0.25) is 9.89 Å². The molecule has 29 heavy (non-hydrogen) atoms. The van der Waals surface area contributed by atoms with Crippen LogP contribution >= 0.6 is 0 Å². The van der Waals surface area contributed by atoms with E-state index in [1.165, 1.54) is 16.6 Å². The van der Waals surface area contributed by atoms with E-state index in [9.17, 15) is 9.18 Å². The van der Waals surface area contributed by atoms with E-state index in [1.807, 2.05) is 12.1 Å². The molecular weight excluding hydrogens is 371 g/mol. The summed E-state index contributed by atoms with van der Waals surface area (Å²) in [5, 5.41) is 6.65. The van der Waals surface area contributed by atoms with Crippen LogP contribution in [0.5, 0.6) is 0 Å². The molecule has 1 aliphatic rings. The van der Waals surface area contributed by atoms with Crippen molar-refractivity contribution in [2.75, 3.05) is 13.2 Å². The van der Waals surface area contributed by atoms with Crippen LogP contribution < -0.4 is 10.9 Å². The molecule has 0 amide bonds. The van der Waals surface area contributed by atoms with Crippen molar-refractivity contribution in [2.24, 2.45) is 5.92 Å². The van der Waals surface area contributed by atoms with E-state index in [0.29, 0.717) is 23.8 Å². The van der Waals surface area contributed by atoms with Crippen LogP contribution in [0.25, 0.3) is 5.65 Å². The fraction of sp³-hybridized carbons (Fsp3) is 0.455. The second kappa shape index (κ2) is 8.47. The molecule has 2 aromatic heterocycles. The second-order valence-corrected chi connectivity index (χ2v) is 8.04. The van der Waals surface area contributed by atoms with Gasteiger partial charge < -0.3 is 10.1 Å². The summed E-state index contributed by atoms with van der Waals surface area (Å²) in [5.74, 6) is 0.322. The van der Waals surface area contributed by atoms with Gasteiger partial charge in [0.1, 0.15) is 5.82 Å².